The summed E-state index contributed by atoms with van der Waals surface area (Å²) in [6.45, 7) is 0. The highest BCUT2D eigenvalue weighted by Gasteiger charge is 2.47. The van der Waals surface area contributed by atoms with Gasteiger partial charge in [-0.05, 0) is 69.1 Å². The van der Waals surface area contributed by atoms with Gasteiger partial charge in [-0.2, -0.15) is 11.8 Å². The van der Waals surface area contributed by atoms with Crippen molar-refractivity contribution < 1.29 is 9.90 Å². The Labute approximate surface area is 139 Å². The molecule has 0 aliphatic heterocycles. The number of hydrogen-bond donors (Lipinski definition) is 1. The van der Waals surface area contributed by atoms with Crippen LogP contribution in [0.25, 0.3) is 0 Å². The minimum Gasteiger partial charge on any atom is -0.481 e. The number of carboxylic acid groups (broad SMARTS) is 1. The van der Waals surface area contributed by atoms with Crippen LogP contribution in [-0.2, 0) is 4.79 Å². The summed E-state index contributed by atoms with van der Waals surface area (Å²) in [5, 5.41) is 10.5. The molecule has 0 heterocycles. The van der Waals surface area contributed by atoms with Gasteiger partial charge >= 0.3 is 5.97 Å². The van der Waals surface area contributed by atoms with Crippen LogP contribution in [0, 0.1) is 17.8 Å². The molecule has 1 N–H and O–H groups in total. The first-order valence-corrected chi connectivity index (χ1v) is 10.2. The van der Waals surface area contributed by atoms with Gasteiger partial charge in [0.05, 0.1) is 0 Å². The van der Waals surface area contributed by atoms with E-state index in [-0.39, 0.29) is 0 Å². The Morgan fingerprint density at radius 1 is 1.09 bits per heavy atom. The smallest absolute Gasteiger partial charge is 0.303 e. The first-order valence-electron chi connectivity index (χ1n) is 9.26. The summed E-state index contributed by atoms with van der Waals surface area (Å²) in [5.41, 5.74) is 0. The summed E-state index contributed by atoms with van der Waals surface area (Å²) >= 11 is 2.35. The van der Waals surface area contributed by atoms with E-state index < -0.39 is 5.97 Å². The highest BCUT2D eigenvalue weighted by molar-refractivity contribution is 8.00. The highest BCUT2D eigenvalue weighted by atomic mass is 32.2. The first kappa shape index (κ1) is 16.4. The number of allylic oxidation sites excluding steroid dienone is 2. The molecule has 3 aliphatic carbocycles. The van der Waals surface area contributed by atoms with E-state index in [9.17, 15) is 4.79 Å². The molecule has 2 bridgehead atoms. The molecule has 3 heteroatoms. The third-order valence-electron chi connectivity index (χ3n) is 5.99. The second kappa shape index (κ2) is 7.90. The summed E-state index contributed by atoms with van der Waals surface area (Å²) in [6.07, 6.45) is 18.1. The highest BCUT2D eigenvalue weighted by Crippen LogP contribution is 2.56. The first-order chi connectivity index (χ1) is 10.7. The molecule has 0 aromatic carbocycles. The number of fused-ring (bicyclic) bond motifs is 2. The molecule has 3 rings (SSSR count). The summed E-state index contributed by atoms with van der Waals surface area (Å²) in [5.74, 6) is 2.21. The number of hydrogen-bond acceptors (Lipinski definition) is 2. The van der Waals surface area contributed by atoms with E-state index in [2.05, 4.69) is 23.9 Å². The second-order valence-electron chi connectivity index (χ2n) is 7.50. The number of rotatable bonds is 8. The molecule has 0 amide bonds. The van der Waals surface area contributed by atoms with Crippen molar-refractivity contribution >= 4 is 17.7 Å². The van der Waals surface area contributed by atoms with Gasteiger partial charge in [0.1, 0.15) is 0 Å². The normalized spacial score (nSPS) is 34.9. The number of carbonyl (C=O) groups is 1. The number of thioether (sulfide) groups is 1. The SMILES string of the molecule is O=C(O)CCCC=CC[C@@H]1[C@@H]2CC[C@@H](C2)[C@H]1SC1CCCC1. The van der Waals surface area contributed by atoms with Crippen molar-refractivity contribution in [2.75, 3.05) is 0 Å². The maximum Gasteiger partial charge on any atom is 0.303 e. The molecular weight excluding hydrogens is 292 g/mol. The van der Waals surface area contributed by atoms with Gasteiger partial charge in [-0.25, -0.2) is 0 Å². The van der Waals surface area contributed by atoms with E-state index in [1.807, 2.05) is 0 Å². The fraction of sp³-hybridized carbons (Fsp3) is 0.842. The lowest BCUT2D eigenvalue weighted by atomic mass is 9.86. The molecular formula is C19H30O2S. The summed E-state index contributed by atoms with van der Waals surface area (Å²) in [4.78, 5) is 10.5. The molecule has 0 aromatic rings. The van der Waals surface area contributed by atoms with Gasteiger partial charge in [0.25, 0.3) is 0 Å². The molecule has 124 valence electrons. The lowest BCUT2D eigenvalue weighted by Crippen LogP contribution is -2.26. The van der Waals surface area contributed by atoms with Crippen molar-refractivity contribution in [3.63, 3.8) is 0 Å². The van der Waals surface area contributed by atoms with Crippen LogP contribution in [-0.4, -0.2) is 21.6 Å². The van der Waals surface area contributed by atoms with Gasteiger partial charge in [-0.1, -0.05) is 25.0 Å². The van der Waals surface area contributed by atoms with Crippen LogP contribution >= 0.6 is 11.8 Å². The molecule has 0 saturated heterocycles. The summed E-state index contributed by atoms with van der Waals surface area (Å²) in [6, 6.07) is 0. The van der Waals surface area contributed by atoms with E-state index in [4.69, 9.17) is 5.11 Å². The Kier molecular flexibility index (Phi) is 5.89. The van der Waals surface area contributed by atoms with Gasteiger partial charge in [0.2, 0.25) is 0 Å². The van der Waals surface area contributed by atoms with Crippen molar-refractivity contribution in [1.29, 1.82) is 0 Å². The summed E-state index contributed by atoms with van der Waals surface area (Å²) < 4.78 is 0. The van der Waals surface area contributed by atoms with Gasteiger partial charge in [0, 0.05) is 16.9 Å². The Bertz CT molecular complexity index is 400. The van der Waals surface area contributed by atoms with E-state index in [1.54, 1.807) is 0 Å². The minimum absolute atomic E-state index is 0.304. The van der Waals surface area contributed by atoms with E-state index in [1.165, 1.54) is 51.4 Å². The monoisotopic (exact) mass is 322 g/mol. The topological polar surface area (TPSA) is 37.3 Å². The van der Waals surface area contributed by atoms with Gasteiger partial charge in [-0.3, -0.25) is 4.79 Å². The van der Waals surface area contributed by atoms with Crippen molar-refractivity contribution in [3.8, 4) is 0 Å². The van der Waals surface area contributed by atoms with Crippen LogP contribution in [0.2, 0.25) is 0 Å². The van der Waals surface area contributed by atoms with Crippen molar-refractivity contribution in [1.82, 2.24) is 0 Å². The van der Waals surface area contributed by atoms with Crippen LogP contribution in [0.4, 0.5) is 0 Å². The zero-order chi connectivity index (χ0) is 15.4. The standard InChI is InChI=1S/C19H30O2S/c20-18(21)10-4-2-1-3-9-17-14-11-12-15(13-14)19(17)22-16-7-5-6-8-16/h1,3,14-17,19H,2,4-13H2,(H,20,21)/t14-,15+,17-,19-/m1/s1. The maximum atomic E-state index is 10.5. The van der Waals surface area contributed by atoms with E-state index in [0.717, 1.165) is 41.1 Å². The lowest BCUT2D eigenvalue weighted by Gasteiger charge is -2.32. The van der Waals surface area contributed by atoms with Crippen LogP contribution in [0.3, 0.4) is 0 Å². The fourth-order valence-corrected chi connectivity index (χ4v) is 6.94. The Morgan fingerprint density at radius 3 is 2.64 bits per heavy atom. The molecule has 3 aliphatic rings. The van der Waals surface area contributed by atoms with Crippen molar-refractivity contribution in [3.05, 3.63) is 12.2 Å². The van der Waals surface area contributed by atoms with E-state index in [0.29, 0.717) is 6.42 Å². The maximum absolute atomic E-state index is 10.5. The molecule has 2 nitrogen and oxygen atoms in total. The van der Waals surface area contributed by atoms with E-state index >= 15 is 0 Å². The fourth-order valence-electron chi connectivity index (χ4n) is 4.89. The quantitative estimate of drug-likeness (QED) is 0.488. The molecule has 0 radical (unpaired) electrons. The van der Waals surface area contributed by atoms with Gasteiger partial charge in [-0.15, -0.1) is 0 Å². The lowest BCUT2D eigenvalue weighted by molar-refractivity contribution is -0.137. The Hall–Kier alpha value is -0.440. The Balaban J connectivity index is 1.45. The zero-order valence-electron chi connectivity index (χ0n) is 13.6. The summed E-state index contributed by atoms with van der Waals surface area (Å²) in [7, 11) is 0. The van der Waals surface area contributed by atoms with Gasteiger partial charge in [0.15, 0.2) is 0 Å². The minimum atomic E-state index is -0.672. The predicted molar refractivity (Wildman–Crippen MR) is 93.2 cm³/mol. The predicted octanol–water partition coefficient (Wildman–Crippen LogP) is 5.28. The average Bonchev–Trinajstić information content (AvgIpc) is 3.21. The molecule has 22 heavy (non-hydrogen) atoms. The molecule has 4 atom stereocenters. The second-order valence-corrected chi connectivity index (χ2v) is 8.98. The molecule has 3 fully saturated rings. The molecule has 3 saturated carbocycles. The van der Waals surface area contributed by atoms with Crippen LogP contribution in [0.5, 0.6) is 0 Å². The van der Waals surface area contributed by atoms with Crippen molar-refractivity contribution in [2.24, 2.45) is 17.8 Å². The largest absolute Gasteiger partial charge is 0.481 e. The van der Waals surface area contributed by atoms with Crippen molar-refractivity contribution in [2.45, 2.75) is 81.1 Å². The third-order valence-corrected chi connectivity index (χ3v) is 7.90. The molecule has 0 aromatic heterocycles. The number of carboxylic acids is 1. The number of aliphatic carboxylic acids is 1. The molecule has 0 spiro atoms. The van der Waals surface area contributed by atoms with Crippen LogP contribution < -0.4 is 0 Å². The average molecular weight is 323 g/mol. The number of unbranched alkanes of at least 4 members (excludes halogenated alkanes) is 1. The Morgan fingerprint density at radius 2 is 1.86 bits per heavy atom. The third kappa shape index (κ3) is 4.10. The van der Waals surface area contributed by atoms with Crippen LogP contribution in [0.15, 0.2) is 12.2 Å². The molecule has 0 unspecified atom stereocenters. The van der Waals surface area contributed by atoms with Crippen LogP contribution in [0.1, 0.15) is 70.6 Å². The zero-order valence-corrected chi connectivity index (χ0v) is 14.4. The van der Waals surface area contributed by atoms with Gasteiger partial charge < -0.3 is 5.11 Å².